The highest BCUT2D eigenvalue weighted by Gasteiger charge is 2.42. The van der Waals surface area contributed by atoms with Gasteiger partial charge in [0.1, 0.15) is 11.4 Å². The zero-order chi connectivity index (χ0) is 12.6. The van der Waals surface area contributed by atoms with Gasteiger partial charge in [-0.05, 0) is 26.2 Å². The standard InChI is InChI=1S/C10H16N4O2S/c1-6-12-13-9(14(6)2)17-7-3-4-10(11,5-7)8(15)16/h7H,3-5,11H2,1-2H3,(H,15,16). The van der Waals surface area contributed by atoms with Crippen molar-refractivity contribution in [2.45, 2.75) is 42.1 Å². The maximum Gasteiger partial charge on any atom is 0.323 e. The van der Waals surface area contributed by atoms with Gasteiger partial charge in [-0.1, -0.05) is 11.8 Å². The Morgan fingerprint density at radius 1 is 1.65 bits per heavy atom. The van der Waals surface area contributed by atoms with Gasteiger partial charge in [-0.3, -0.25) is 4.79 Å². The summed E-state index contributed by atoms with van der Waals surface area (Å²) < 4.78 is 1.90. The molecule has 2 atom stereocenters. The Hall–Kier alpha value is -1.08. The molecule has 0 bridgehead atoms. The van der Waals surface area contributed by atoms with Crippen molar-refractivity contribution in [2.75, 3.05) is 0 Å². The first-order chi connectivity index (χ1) is 7.92. The third-order valence-corrected chi connectivity index (χ3v) is 4.56. The van der Waals surface area contributed by atoms with Crippen molar-refractivity contribution in [2.24, 2.45) is 12.8 Å². The van der Waals surface area contributed by atoms with E-state index in [1.807, 2.05) is 18.5 Å². The fourth-order valence-corrected chi connectivity index (χ4v) is 3.26. The van der Waals surface area contributed by atoms with Gasteiger partial charge in [0.2, 0.25) is 0 Å². The predicted molar refractivity (Wildman–Crippen MR) is 63.8 cm³/mol. The van der Waals surface area contributed by atoms with Crippen LogP contribution < -0.4 is 5.73 Å². The van der Waals surface area contributed by atoms with Crippen LogP contribution in [0.3, 0.4) is 0 Å². The summed E-state index contributed by atoms with van der Waals surface area (Å²) in [6.45, 7) is 1.89. The molecule has 1 aromatic heterocycles. The summed E-state index contributed by atoms with van der Waals surface area (Å²) in [5.74, 6) is -0.0579. The number of carboxylic acid groups (broad SMARTS) is 1. The molecule has 1 aromatic rings. The monoisotopic (exact) mass is 256 g/mol. The zero-order valence-corrected chi connectivity index (χ0v) is 10.7. The Balaban J connectivity index is 2.03. The Kier molecular flexibility index (Phi) is 3.13. The van der Waals surface area contributed by atoms with E-state index >= 15 is 0 Å². The number of thioether (sulfide) groups is 1. The largest absolute Gasteiger partial charge is 0.480 e. The van der Waals surface area contributed by atoms with Crippen molar-refractivity contribution in [3.63, 3.8) is 0 Å². The van der Waals surface area contributed by atoms with E-state index in [9.17, 15) is 4.79 Å². The molecule has 0 aromatic carbocycles. The number of carbonyl (C=O) groups is 1. The molecule has 1 aliphatic carbocycles. The van der Waals surface area contributed by atoms with Gasteiger partial charge in [0.05, 0.1) is 0 Å². The fraction of sp³-hybridized carbons (Fsp3) is 0.700. The molecule has 94 valence electrons. The SMILES string of the molecule is Cc1nnc(SC2CCC(N)(C(=O)O)C2)n1C. The Morgan fingerprint density at radius 3 is 2.82 bits per heavy atom. The highest BCUT2D eigenvalue weighted by Crippen LogP contribution is 2.38. The molecule has 1 fully saturated rings. The van der Waals surface area contributed by atoms with Crippen molar-refractivity contribution < 1.29 is 9.90 Å². The van der Waals surface area contributed by atoms with Crippen molar-refractivity contribution in [3.05, 3.63) is 5.82 Å². The van der Waals surface area contributed by atoms with E-state index in [1.54, 1.807) is 11.8 Å². The highest BCUT2D eigenvalue weighted by molar-refractivity contribution is 7.99. The first-order valence-electron chi connectivity index (χ1n) is 5.47. The van der Waals surface area contributed by atoms with E-state index in [0.29, 0.717) is 12.8 Å². The van der Waals surface area contributed by atoms with Crippen LogP contribution in [0.5, 0.6) is 0 Å². The van der Waals surface area contributed by atoms with Crippen LogP contribution in [0.25, 0.3) is 0 Å². The third kappa shape index (κ3) is 2.30. The number of carboxylic acids is 1. The molecule has 0 aliphatic heterocycles. The van der Waals surface area contributed by atoms with E-state index in [1.165, 1.54) is 0 Å². The average Bonchev–Trinajstić information content (AvgIpc) is 2.78. The third-order valence-electron chi connectivity index (χ3n) is 3.25. The molecular formula is C10H16N4O2S. The number of aliphatic carboxylic acids is 1. The van der Waals surface area contributed by atoms with Crippen molar-refractivity contribution in [3.8, 4) is 0 Å². The van der Waals surface area contributed by atoms with E-state index in [0.717, 1.165) is 17.4 Å². The molecule has 17 heavy (non-hydrogen) atoms. The molecule has 0 amide bonds. The smallest absolute Gasteiger partial charge is 0.323 e. The number of rotatable bonds is 3. The minimum Gasteiger partial charge on any atom is -0.480 e. The lowest BCUT2D eigenvalue weighted by Gasteiger charge is -2.17. The van der Waals surface area contributed by atoms with Gasteiger partial charge >= 0.3 is 5.97 Å². The predicted octanol–water partition coefficient (Wildman–Crippen LogP) is 0.550. The van der Waals surface area contributed by atoms with Crippen LogP contribution >= 0.6 is 11.8 Å². The molecule has 1 aliphatic rings. The normalized spacial score (nSPS) is 28.5. The van der Waals surface area contributed by atoms with E-state index < -0.39 is 11.5 Å². The van der Waals surface area contributed by atoms with Gasteiger partial charge in [0.25, 0.3) is 0 Å². The number of aromatic nitrogens is 3. The quantitative estimate of drug-likeness (QED) is 0.820. The molecule has 1 heterocycles. The number of aryl methyl sites for hydroxylation is 1. The minimum absolute atomic E-state index is 0.207. The lowest BCUT2D eigenvalue weighted by Crippen LogP contribution is -2.45. The van der Waals surface area contributed by atoms with Gasteiger partial charge in [-0.15, -0.1) is 10.2 Å². The molecule has 3 N–H and O–H groups in total. The van der Waals surface area contributed by atoms with Crippen LogP contribution in [-0.4, -0.2) is 36.6 Å². The number of nitrogens with zero attached hydrogens (tertiary/aromatic N) is 3. The second-order valence-corrected chi connectivity index (χ2v) is 5.80. The summed E-state index contributed by atoms with van der Waals surface area (Å²) in [4.78, 5) is 11.0. The topological polar surface area (TPSA) is 94.0 Å². The summed E-state index contributed by atoms with van der Waals surface area (Å²) in [6, 6.07) is 0. The summed E-state index contributed by atoms with van der Waals surface area (Å²) in [5.41, 5.74) is 4.77. The zero-order valence-electron chi connectivity index (χ0n) is 9.88. The molecule has 6 nitrogen and oxygen atoms in total. The van der Waals surface area contributed by atoms with Crippen LogP contribution in [0, 0.1) is 6.92 Å². The average molecular weight is 256 g/mol. The van der Waals surface area contributed by atoms with Crippen LogP contribution in [0.15, 0.2) is 5.16 Å². The van der Waals surface area contributed by atoms with Crippen molar-refractivity contribution >= 4 is 17.7 Å². The summed E-state index contributed by atoms with van der Waals surface area (Å²) >= 11 is 1.56. The molecule has 0 saturated heterocycles. The first kappa shape index (κ1) is 12.4. The van der Waals surface area contributed by atoms with Crippen LogP contribution in [0.1, 0.15) is 25.1 Å². The van der Waals surface area contributed by atoms with Crippen LogP contribution in [0.4, 0.5) is 0 Å². The Bertz CT molecular complexity index is 448. The summed E-state index contributed by atoms with van der Waals surface area (Å²) in [7, 11) is 1.90. The van der Waals surface area contributed by atoms with Gasteiger partial charge in [0, 0.05) is 12.3 Å². The van der Waals surface area contributed by atoms with E-state index in [-0.39, 0.29) is 5.25 Å². The number of hydrogen-bond acceptors (Lipinski definition) is 5. The van der Waals surface area contributed by atoms with Crippen LogP contribution in [-0.2, 0) is 11.8 Å². The molecule has 0 radical (unpaired) electrons. The van der Waals surface area contributed by atoms with E-state index in [2.05, 4.69) is 10.2 Å². The van der Waals surface area contributed by atoms with Crippen LogP contribution in [0.2, 0.25) is 0 Å². The maximum atomic E-state index is 11.0. The molecule has 2 unspecified atom stereocenters. The fourth-order valence-electron chi connectivity index (χ4n) is 1.96. The van der Waals surface area contributed by atoms with Crippen molar-refractivity contribution in [1.82, 2.24) is 14.8 Å². The summed E-state index contributed by atoms with van der Waals surface area (Å²) in [5, 5.41) is 18.1. The highest BCUT2D eigenvalue weighted by atomic mass is 32.2. The van der Waals surface area contributed by atoms with Gasteiger partial charge < -0.3 is 15.4 Å². The van der Waals surface area contributed by atoms with E-state index in [4.69, 9.17) is 10.8 Å². The Morgan fingerprint density at radius 2 is 2.35 bits per heavy atom. The number of hydrogen-bond donors (Lipinski definition) is 2. The molecule has 0 spiro atoms. The molecule has 7 heteroatoms. The Labute approximate surface area is 104 Å². The summed E-state index contributed by atoms with van der Waals surface area (Å²) in [6.07, 6.45) is 1.81. The maximum absolute atomic E-state index is 11.0. The molecule has 2 rings (SSSR count). The van der Waals surface area contributed by atoms with Gasteiger partial charge in [-0.2, -0.15) is 0 Å². The lowest BCUT2D eigenvalue weighted by atomic mass is 10.0. The number of nitrogens with two attached hydrogens (primary N) is 1. The van der Waals surface area contributed by atoms with Gasteiger partial charge in [0.15, 0.2) is 5.16 Å². The first-order valence-corrected chi connectivity index (χ1v) is 6.35. The molecular weight excluding hydrogens is 240 g/mol. The molecule has 1 saturated carbocycles. The second-order valence-electron chi connectivity index (χ2n) is 4.53. The second kappa shape index (κ2) is 4.30. The van der Waals surface area contributed by atoms with Gasteiger partial charge in [-0.25, -0.2) is 0 Å². The minimum atomic E-state index is -1.06. The van der Waals surface area contributed by atoms with Crippen molar-refractivity contribution in [1.29, 1.82) is 0 Å². The lowest BCUT2D eigenvalue weighted by molar-refractivity contribution is -0.143.